The van der Waals surface area contributed by atoms with E-state index in [2.05, 4.69) is 5.32 Å². The highest BCUT2D eigenvalue weighted by atomic mass is 35.5. The van der Waals surface area contributed by atoms with Gasteiger partial charge < -0.3 is 19.9 Å². The van der Waals surface area contributed by atoms with Crippen LogP contribution in [0.25, 0.3) is 0 Å². The van der Waals surface area contributed by atoms with Crippen molar-refractivity contribution in [2.24, 2.45) is 0 Å². The first-order chi connectivity index (χ1) is 13.1. The molecule has 1 amide bonds. The standard InChI is InChI=1S/C20H23ClFN3O2/c21-16-6-7-19(18(22)14-16)23-20(26)15-25-10-8-24(9-11-25)12-13-27-17-4-2-1-3-5-17/h1-7,14H,8-13,15H2,(H,23,26)/p+2. The molecule has 0 aromatic heterocycles. The highest BCUT2D eigenvalue weighted by Gasteiger charge is 2.25. The molecule has 1 fully saturated rings. The van der Waals surface area contributed by atoms with Crippen LogP contribution >= 0.6 is 11.6 Å². The predicted octanol–water partition coefficient (Wildman–Crippen LogP) is 0.280. The maximum atomic E-state index is 13.8. The number of halogens is 2. The molecule has 1 heterocycles. The number of benzene rings is 2. The van der Waals surface area contributed by atoms with Gasteiger partial charge >= 0.3 is 0 Å². The number of quaternary nitrogens is 2. The largest absolute Gasteiger partial charge is 0.488 e. The molecule has 0 spiro atoms. The van der Waals surface area contributed by atoms with Crippen molar-refractivity contribution in [3.8, 4) is 5.75 Å². The second-order valence-corrected chi connectivity index (χ2v) is 7.20. The zero-order valence-electron chi connectivity index (χ0n) is 15.1. The fourth-order valence-corrected chi connectivity index (χ4v) is 3.38. The highest BCUT2D eigenvalue weighted by molar-refractivity contribution is 6.30. The summed E-state index contributed by atoms with van der Waals surface area (Å²) in [6.45, 7) is 5.80. The molecular formula is C20H25ClFN3O2+2. The lowest BCUT2D eigenvalue weighted by Crippen LogP contribution is -3.28. The summed E-state index contributed by atoms with van der Waals surface area (Å²) in [5, 5.41) is 2.94. The first-order valence-corrected chi connectivity index (χ1v) is 9.58. The third kappa shape index (κ3) is 6.20. The Morgan fingerprint density at radius 3 is 2.48 bits per heavy atom. The van der Waals surface area contributed by atoms with Crippen molar-refractivity contribution in [1.82, 2.24) is 0 Å². The summed E-state index contributed by atoms with van der Waals surface area (Å²) in [6.07, 6.45) is 0. The SMILES string of the molecule is O=C(C[NH+]1CC[NH+](CCOc2ccccc2)CC1)Nc1ccc(Cl)cc1F. The van der Waals surface area contributed by atoms with Gasteiger partial charge in [-0.05, 0) is 30.3 Å². The second kappa shape index (κ2) is 9.69. The number of amides is 1. The normalized spacial score (nSPS) is 19.5. The number of hydrogen-bond donors (Lipinski definition) is 3. The Kier molecular flexibility index (Phi) is 7.04. The van der Waals surface area contributed by atoms with Crippen LogP contribution in [-0.2, 0) is 4.79 Å². The third-order valence-electron chi connectivity index (χ3n) is 4.75. The fourth-order valence-electron chi connectivity index (χ4n) is 3.23. The Morgan fingerprint density at radius 2 is 1.78 bits per heavy atom. The minimum Gasteiger partial charge on any atom is -0.488 e. The molecule has 2 aromatic rings. The van der Waals surface area contributed by atoms with Gasteiger partial charge in [-0.25, -0.2) is 4.39 Å². The lowest BCUT2D eigenvalue weighted by molar-refractivity contribution is -1.01. The van der Waals surface area contributed by atoms with E-state index in [4.69, 9.17) is 16.3 Å². The van der Waals surface area contributed by atoms with Crippen LogP contribution in [0.3, 0.4) is 0 Å². The van der Waals surface area contributed by atoms with E-state index in [0.29, 0.717) is 18.2 Å². The zero-order chi connectivity index (χ0) is 19.1. The Bertz CT molecular complexity index is 752. The Labute approximate surface area is 163 Å². The molecule has 5 nitrogen and oxygen atoms in total. The molecule has 0 aliphatic carbocycles. The molecule has 3 rings (SSSR count). The summed E-state index contributed by atoms with van der Waals surface area (Å²) in [4.78, 5) is 14.9. The van der Waals surface area contributed by atoms with Gasteiger partial charge in [-0.1, -0.05) is 29.8 Å². The molecule has 1 saturated heterocycles. The molecule has 2 aromatic carbocycles. The number of carbonyl (C=O) groups excluding carboxylic acids is 1. The lowest BCUT2D eigenvalue weighted by atomic mass is 10.3. The summed E-state index contributed by atoms with van der Waals surface area (Å²) in [7, 11) is 0. The highest BCUT2D eigenvalue weighted by Crippen LogP contribution is 2.18. The van der Waals surface area contributed by atoms with E-state index in [-0.39, 0.29) is 11.6 Å². The predicted molar refractivity (Wildman–Crippen MR) is 103 cm³/mol. The van der Waals surface area contributed by atoms with Crippen LogP contribution in [-0.4, -0.2) is 51.8 Å². The van der Waals surface area contributed by atoms with Crippen molar-refractivity contribution in [2.45, 2.75) is 0 Å². The topological polar surface area (TPSA) is 47.2 Å². The average molecular weight is 394 g/mol. The van der Waals surface area contributed by atoms with Crippen LogP contribution in [0.4, 0.5) is 10.1 Å². The molecule has 27 heavy (non-hydrogen) atoms. The number of hydrogen-bond acceptors (Lipinski definition) is 2. The first kappa shape index (κ1) is 19.6. The molecule has 144 valence electrons. The Hall–Kier alpha value is -2.15. The molecule has 0 saturated carbocycles. The Balaban J connectivity index is 1.35. The van der Waals surface area contributed by atoms with Crippen molar-refractivity contribution in [2.75, 3.05) is 51.2 Å². The van der Waals surface area contributed by atoms with Crippen molar-refractivity contribution in [3.05, 3.63) is 59.4 Å². The van der Waals surface area contributed by atoms with Gasteiger partial charge in [-0.3, -0.25) is 4.79 Å². The molecule has 3 N–H and O–H groups in total. The van der Waals surface area contributed by atoms with Crippen molar-refractivity contribution in [3.63, 3.8) is 0 Å². The van der Waals surface area contributed by atoms with Gasteiger partial charge in [-0.15, -0.1) is 0 Å². The van der Waals surface area contributed by atoms with Crippen molar-refractivity contribution >= 4 is 23.2 Å². The molecule has 1 aliphatic rings. The van der Waals surface area contributed by atoms with Crippen LogP contribution < -0.4 is 19.9 Å². The maximum absolute atomic E-state index is 13.8. The minimum atomic E-state index is -0.515. The summed E-state index contributed by atoms with van der Waals surface area (Å²) in [5.41, 5.74) is 0.172. The van der Waals surface area contributed by atoms with Gasteiger partial charge in [0.05, 0.1) is 5.69 Å². The number of piperazine rings is 1. The molecule has 0 radical (unpaired) electrons. The molecule has 0 unspecified atom stereocenters. The van der Waals surface area contributed by atoms with Crippen LogP contribution in [0.1, 0.15) is 0 Å². The van der Waals surface area contributed by atoms with Crippen molar-refractivity contribution < 1.29 is 23.7 Å². The van der Waals surface area contributed by atoms with Crippen LogP contribution in [0.2, 0.25) is 5.02 Å². The number of anilines is 1. The van der Waals surface area contributed by atoms with E-state index in [1.165, 1.54) is 21.9 Å². The smallest absolute Gasteiger partial charge is 0.279 e. The van der Waals surface area contributed by atoms with Crippen LogP contribution in [0, 0.1) is 5.82 Å². The zero-order valence-corrected chi connectivity index (χ0v) is 15.9. The third-order valence-corrected chi connectivity index (χ3v) is 4.98. The quantitative estimate of drug-likeness (QED) is 0.633. The summed E-state index contributed by atoms with van der Waals surface area (Å²) >= 11 is 5.73. The monoisotopic (exact) mass is 393 g/mol. The molecule has 7 heteroatoms. The van der Waals surface area contributed by atoms with Gasteiger partial charge in [0.25, 0.3) is 5.91 Å². The van der Waals surface area contributed by atoms with E-state index >= 15 is 0 Å². The van der Waals surface area contributed by atoms with E-state index in [0.717, 1.165) is 38.5 Å². The van der Waals surface area contributed by atoms with Gasteiger partial charge in [-0.2, -0.15) is 0 Å². The van der Waals surface area contributed by atoms with Crippen LogP contribution in [0.5, 0.6) is 5.75 Å². The lowest BCUT2D eigenvalue weighted by Gasteiger charge is -2.29. The van der Waals surface area contributed by atoms with Gasteiger partial charge in [0, 0.05) is 5.02 Å². The van der Waals surface area contributed by atoms with E-state index in [1.54, 1.807) is 6.07 Å². The molecule has 0 atom stereocenters. The van der Waals surface area contributed by atoms with Crippen molar-refractivity contribution in [1.29, 1.82) is 0 Å². The maximum Gasteiger partial charge on any atom is 0.279 e. The van der Waals surface area contributed by atoms with Gasteiger partial charge in [0.2, 0.25) is 0 Å². The summed E-state index contributed by atoms with van der Waals surface area (Å²) in [5.74, 6) is 0.202. The van der Waals surface area contributed by atoms with Crippen LogP contribution in [0.15, 0.2) is 48.5 Å². The number of rotatable bonds is 7. The summed E-state index contributed by atoms with van der Waals surface area (Å²) in [6, 6.07) is 14.1. The molecule has 1 aliphatic heterocycles. The number of para-hydroxylation sites is 1. The average Bonchev–Trinajstić information content (AvgIpc) is 2.66. The molecular weight excluding hydrogens is 369 g/mol. The Morgan fingerprint density at radius 1 is 1.07 bits per heavy atom. The minimum absolute atomic E-state index is 0.172. The van der Waals surface area contributed by atoms with E-state index < -0.39 is 5.82 Å². The first-order valence-electron chi connectivity index (χ1n) is 9.20. The van der Waals surface area contributed by atoms with E-state index in [9.17, 15) is 9.18 Å². The second-order valence-electron chi connectivity index (χ2n) is 6.76. The number of ether oxygens (including phenoxy) is 1. The van der Waals surface area contributed by atoms with E-state index in [1.807, 2.05) is 30.3 Å². The fraction of sp³-hybridized carbons (Fsp3) is 0.350. The molecule has 0 bridgehead atoms. The van der Waals surface area contributed by atoms with Gasteiger partial charge in [0.15, 0.2) is 6.54 Å². The summed E-state index contributed by atoms with van der Waals surface area (Å²) < 4.78 is 19.5. The number of nitrogens with one attached hydrogen (secondary N) is 3. The van der Waals surface area contributed by atoms with Gasteiger partial charge in [0.1, 0.15) is 50.9 Å². The number of carbonyl (C=O) groups is 1.